The van der Waals surface area contributed by atoms with Crippen molar-refractivity contribution in [1.82, 2.24) is 4.98 Å². The molecule has 1 saturated heterocycles. The summed E-state index contributed by atoms with van der Waals surface area (Å²) < 4.78 is 5.44. The van der Waals surface area contributed by atoms with Crippen LogP contribution in [0.25, 0.3) is 0 Å². The molecule has 2 rings (SSSR count). The van der Waals surface area contributed by atoms with Gasteiger partial charge in [0.05, 0.1) is 6.10 Å². The number of H-pyrrole nitrogens is 1. The van der Waals surface area contributed by atoms with E-state index in [0.29, 0.717) is 6.61 Å². The van der Waals surface area contributed by atoms with E-state index >= 15 is 0 Å². The molecular weight excluding hydrogens is 168 g/mol. The zero-order valence-corrected chi connectivity index (χ0v) is 7.19. The minimum atomic E-state index is -0.102. The van der Waals surface area contributed by atoms with E-state index in [2.05, 4.69) is 4.98 Å². The van der Waals surface area contributed by atoms with Crippen LogP contribution in [0.3, 0.4) is 0 Å². The van der Waals surface area contributed by atoms with Crippen molar-refractivity contribution >= 4 is 0 Å². The lowest BCUT2D eigenvalue weighted by molar-refractivity contribution is 0.105. The molecule has 2 heterocycles. The highest BCUT2D eigenvalue weighted by molar-refractivity contribution is 5.15. The first kappa shape index (κ1) is 8.47. The monoisotopic (exact) mass is 180 g/mol. The molecule has 4 nitrogen and oxygen atoms in total. The Bertz CT molecular complexity index is 327. The van der Waals surface area contributed by atoms with Gasteiger partial charge >= 0.3 is 0 Å². The molecule has 70 valence electrons. The first-order valence-corrected chi connectivity index (χ1v) is 4.33. The van der Waals surface area contributed by atoms with Gasteiger partial charge in [-0.1, -0.05) is 0 Å². The summed E-state index contributed by atoms with van der Waals surface area (Å²) in [6, 6.07) is 3.30. The number of hydrogen-bond donors (Lipinski definition) is 2. The number of hydrogen-bond acceptors (Lipinski definition) is 3. The maximum Gasteiger partial charge on any atom is 0.247 e. The Kier molecular flexibility index (Phi) is 2.16. The zero-order valence-electron chi connectivity index (χ0n) is 7.19. The summed E-state index contributed by atoms with van der Waals surface area (Å²) in [6.45, 7) is 0.699. The number of ether oxygens (including phenoxy) is 1. The minimum absolute atomic E-state index is 0.0471. The van der Waals surface area contributed by atoms with Gasteiger partial charge in [-0.25, -0.2) is 0 Å². The number of pyridine rings is 1. The lowest BCUT2D eigenvalue weighted by atomic mass is 10.1. The van der Waals surface area contributed by atoms with Crippen molar-refractivity contribution in [2.45, 2.75) is 18.6 Å². The minimum Gasteiger partial charge on any atom is -0.372 e. The van der Waals surface area contributed by atoms with E-state index in [4.69, 9.17) is 10.5 Å². The molecule has 0 aromatic carbocycles. The van der Waals surface area contributed by atoms with Crippen LogP contribution in [0.15, 0.2) is 23.1 Å². The molecule has 1 aliphatic heterocycles. The van der Waals surface area contributed by atoms with E-state index in [1.165, 1.54) is 6.07 Å². The molecule has 0 unspecified atom stereocenters. The molecule has 0 spiro atoms. The average Bonchev–Trinajstić information content (AvgIpc) is 2.53. The third kappa shape index (κ3) is 1.64. The fraction of sp³-hybridized carbons (Fsp3) is 0.444. The highest BCUT2D eigenvalue weighted by atomic mass is 16.5. The molecule has 0 bridgehead atoms. The molecule has 0 saturated carbocycles. The number of nitrogens with one attached hydrogen (secondary N) is 1. The van der Waals surface area contributed by atoms with Gasteiger partial charge in [-0.2, -0.15) is 0 Å². The van der Waals surface area contributed by atoms with Crippen molar-refractivity contribution in [2.24, 2.45) is 5.73 Å². The van der Waals surface area contributed by atoms with Crippen LogP contribution in [0.2, 0.25) is 0 Å². The summed E-state index contributed by atoms with van der Waals surface area (Å²) in [6.07, 6.45) is 2.49. The highest BCUT2D eigenvalue weighted by Crippen LogP contribution is 2.26. The van der Waals surface area contributed by atoms with Crippen LogP contribution in [0, 0.1) is 0 Å². The predicted molar refractivity (Wildman–Crippen MR) is 48.3 cm³/mol. The van der Waals surface area contributed by atoms with Crippen molar-refractivity contribution in [3.63, 3.8) is 0 Å². The van der Waals surface area contributed by atoms with Crippen LogP contribution in [-0.4, -0.2) is 17.6 Å². The van der Waals surface area contributed by atoms with Crippen molar-refractivity contribution < 1.29 is 4.74 Å². The van der Waals surface area contributed by atoms with Gasteiger partial charge in [-0.3, -0.25) is 4.79 Å². The fourth-order valence-electron chi connectivity index (χ4n) is 1.55. The van der Waals surface area contributed by atoms with Crippen LogP contribution >= 0.6 is 0 Å². The van der Waals surface area contributed by atoms with Crippen LogP contribution in [0.5, 0.6) is 0 Å². The third-order valence-corrected chi connectivity index (χ3v) is 2.27. The van der Waals surface area contributed by atoms with E-state index in [-0.39, 0.29) is 17.7 Å². The lowest BCUT2D eigenvalue weighted by Crippen LogP contribution is -2.24. The number of aromatic amines is 1. The third-order valence-electron chi connectivity index (χ3n) is 2.27. The standard InChI is InChI=1S/C9H12N2O2/c10-7-3-4-13-9(7)6-1-2-8(12)11-5-6/h1-2,5,7,9H,3-4,10H2,(H,11,12)/t7-,9-/m0/s1. The summed E-state index contributed by atoms with van der Waals surface area (Å²) in [5, 5.41) is 0. The van der Waals surface area contributed by atoms with E-state index < -0.39 is 0 Å². The van der Waals surface area contributed by atoms with E-state index in [0.717, 1.165) is 12.0 Å². The molecule has 0 aliphatic carbocycles. The summed E-state index contributed by atoms with van der Waals surface area (Å²) >= 11 is 0. The molecule has 3 N–H and O–H groups in total. The molecule has 1 aromatic heterocycles. The van der Waals surface area contributed by atoms with Gasteiger partial charge in [0, 0.05) is 24.9 Å². The molecular formula is C9H12N2O2. The number of rotatable bonds is 1. The van der Waals surface area contributed by atoms with Crippen molar-refractivity contribution in [1.29, 1.82) is 0 Å². The van der Waals surface area contributed by atoms with Gasteiger partial charge < -0.3 is 15.5 Å². The second kappa shape index (κ2) is 3.32. The Balaban J connectivity index is 2.25. The normalized spacial score (nSPS) is 27.8. The van der Waals surface area contributed by atoms with E-state index in [1.54, 1.807) is 12.3 Å². The predicted octanol–water partition coefficient (Wildman–Crippen LogP) is 0.164. The van der Waals surface area contributed by atoms with Gasteiger partial charge in [0.2, 0.25) is 5.56 Å². The Morgan fingerprint density at radius 3 is 2.92 bits per heavy atom. The first-order chi connectivity index (χ1) is 6.27. The molecule has 0 amide bonds. The molecule has 1 fully saturated rings. The van der Waals surface area contributed by atoms with Crippen LogP contribution in [-0.2, 0) is 4.74 Å². The van der Waals surface area contributed by atoms with E-state index in [9.17, 15) is 4.79 Å². The van der Waals surface area contributed by atoms with Crippen molar-refractivity contribution in [3.8, 4) is 0 Å². The first-order valence-electron chi connectivity index (χ1n) is 4.33. The summed E-state index contributed by atoms with van der Waals surface area (Å²) in [5.74, 6) is 0. The average molecular weight is 180 g/mol. The molecule has 13 heavy (non-hydrogen) atoms. The quantitative estimate of drug-likeness (QED) is 0.647. The Morgan fingerprint density at radius 1 is 1.54 bits per heavy atom. The maximum atomic E-state index is 10.8. The largest absolute Gasteiger partial charge is 0.372 e. The van der Waals surface area contributed by atoms with Gasteiger partial charge in [0.1, 0.15) is 0 Å². The fourth-order valence-corrected chi connectivity index (χ4v) is 1.55. The molecule has 1 aliphatic rings. The Hall–Kier alpha value is -1.13. The highest BCUT2D eigenvalue weighted by Gasteiger charge is 2.26. The molecule has 2 atom stereocenters. The lowest BCUT2D eigenvalue weighted by Gasteiger charge is -2.13. The molecule has 0 radical (unpaired) electrons. The Labute approximate surface area is 75.7 Å². The van der Waals surface area contributed by atoms with Gasteiger partial charge in [0.15, 0.2) is 0 Å². The van der Waals surface area contributed by atoms with Gasteiger partial charge in [0.25, 0.3) is 0 Å². The van der Waals surface area contributed by atoms with Crippen LogP contribution in [0.4, 0.5) is 0 Å². The number of aromatic nitrogens is 1. The smallest absolute Gasteiger partial charge is 0.247 e. The topological polar surface area (TPSA) is 68.1 Å². The maximum absolute atomic E-state index is 10.8. The second-order valence-electron chi connectivity index (χ2n) is 3.23. The zero-order chi connectivity index (χ0) is 9.26. The summed E-state index contributed by atoms with van der Waals surface area (Å²) in [7, 11) is 0. The summed E-state index contributed by atoms with van der Waals surface area (Å²) in [5.41, 5.74) is 6.68. The Morgan fingerprint density at radius 2 is 2.38 bits per heavy atom. The second-order valence-corrected chi connectivity index (χ2v) is 3.23. The van der Waals surface area contributed by atoms with Gasteiger partial charge in [-0.15, -0.1) is 0 Å². The van der Waals surface area contributed by atoms with Gasteiger partial charge in [-0.05, 0) is 18.1 Å². The molecule has 4 heteroatoms. The molecule has 1 aromatic rings. The van der Waals surface area contributed by atoms with Crippen molar-refractivity contribution in [2.75, 3.05) is 6.61 Å². The SMILES string of the molecule is N[C@H]1CCO[C@H]1c1ccc(=O)[nH]c1. The van der Waals surface area contributed by atoms with Crippen LogP contribution < -0.4 is 11.3 Å². The van der Waals surface area contributed by atoms with Crippen molar-refractivity contribution in [3.05, 3.63) is 34.2 Å². The van der Waals surface area contributed by atoms with E-state index in [1.807, 2.05) is 0 Å². The number of nitrogens with two attached hydrogens (primary N) is 1. The summed E-state index contributed by atoms with van der Waals surface area (Å²) in [4.78, 5) is 13.4. The van der Waals surface area contributed by atoms with Crippen LogP contribution in [0.1, 0.15) is 18.1 Å².